The Morgan fingerprint density at radius 2 is 0.766 bits per heavy atom. The Morgan fingerprint density at radius 1 is 0.438 bits per heavy atom. The second kappa shape index (κ2) is 17.6. The zero-order valence-electron chi connectivity index (χ0n) is 34.4. The van der Waals surface area contributed by atoms with Gasteiger partial charge < -0.3 is 9.47 Å². The van der Waals surface area contributed by atoms with Crippen LogP contribution in [0.5, 0.6) is 11.5 Å². The number of hydrogen-bond acceptors (Lipinski definition) is 10. The van der Waals surface area contributed by atoms with Crippen LogP contribution in [-0.4, -0.2) is 53.0 Å². The summed E-state index contributed by atoms with van der Waals surface area (Å²) in [5.41, 5.74) is 4.49. The molecule has 0 spiro atoms. The molecule has 4 unspecified atom stereocenters. The highest BCUT2D eigenvalue weighted by Gasteiger charge is 2.50. The van der Waals surface area contributed by atoms with E-state index in [1.807, 2.05) is 84.9 Å². The third kappa shape index (κ3) is 8.02. The van der Waals surface area contributed by atoms with Gasteiger partial charge in [0.05, 0.1) is 46.8 Å². The number of sulfone groups is 2. The summed E-state index contributed by atoms with van der Waals surface area (Å²) in [7, 11) is -5.20. The smallest absolute Gasteiger partial charge is 0.189 e. The Balaban J connectivity index is 1.21. The molecule has 2 aliphatic heterocycles. The molecule has 7 aromatic carbocycles. The molecular weight excluding hydrogens is 888 g/mol. The number of benzene rings is 7. The van der Waals surface area contributed by atoms with Gasteiger partial charge in [0.15, 0.2) is 19.7 Å². The molecule has 9 rings (SSSR count). The van der Waals surface area contributed by atoms with Gasteiger partial charge in [-0.15, -0.1) is 0 Å². The predicted octanol–water partition coefficient (Wildman–Crippen LogP) is 10.6. The van der Waals surface area contributed by atoms with Crippen molar-refractivity contribution in [3.63, 3.8) is 0 Å². The van der Waals surface area contributed by atoms with Gasteiger partial charge in [-0.1, -0.05) is 83.9 Å². The van der Waals surface area contributed by atoms with E-state index in [-0.39, 0.29) is 9.79 Å². The first kappa shape index (κ1) is 42.8. The van der Waals surface area contributed by atoms with Crippen LogP contribution in [0.15, 0.2) is 202 Å². The number of ether oxygens (including phenoxy) is 2. The average molecular weight is 928 g/mol. The Bertz CT molecular complexity index is 2860. The molecule has 0 N–H and O–H groups in total. The minimum absolute atomic E-state index is 0.0857. The Hall–Kier alpha value is -6.44. The van der Waals surface area contributed by atoms with E-state index in [0.29, 0.717) is 66.6 Å². The van der Waals surface area contributed by atoms with Crippen LogP contribution in [0.3, 0.4) is 0 Å². The van der Waals surface area contributed by atoms with E-state index >= 15 is 16.8 Å². The van der Waals surface area contributed by atoms with Gasteiger partial charge in [-0.2, -0.15) is 10.2 Å². The summed E-state index contributed by atoms with van der Waals surface area (Å²) in [6, 6.07) is 51.0. The van der Waals surface area contributed by atoms with E-state index in [0.717, 1.165) is 0 Å². The quantitative estimate of drug-likeness (QED) is 0.119. The molecule has 14 heteroatoms. The molecule has 0 bridgehead atoms. The molecule has 10 nitrogen and oxygen atoms in total. The SMILES string of the molecule is COc1ccc(C2=NN(c3ccccc3)C(c3ccc(C4C(S(=O)(=O)c5ccc(Cl)cc5)C(c5ccc(OC)cc5)=NN4c4ccccc4)cc3)C2S(=O)(=O)c2ccc(Cl)cc2)cc1. The van der Waals surface area contributed by atoms with Crippen LogP contribution in [0, 0.1) is 0 Å². The van der Waals surface area contributed by atoms with E-state index in [4.69, 9.17) is 42.9 Å². The number of hydrazone groups is 2. The van der Waals surface area contributed by atoms with Crippen molar-refractivity contribution >= 4 is 65.7 Å². The lowest BCUT2D eigenvalue weighted by molar-refractivity contribution is 0.414. The monoisotopic (exact) mass is 926 g/mol. The molecule has 0 radical (unpaired) electrons. The van der Waals surface area contributed by atoms with Crippen LogP contribution in [0.1, 0.15) is 34.3 Å². The summed E-state index contributed by atoms with van der Waals surface area (Å²) in [4.78, 5) is 0.171. The van der Waals surface area contributed by atoms with Crippen molar-refractivity contribution in [1.29, 1.82) is 0 Å². The van der Waals surface area contributed by atoms with E-state index in [1.54, 1.807) is 97.0 Å². The van der Waals surface area contributed by atoms with Crippen LogP contribution in [0.2, 0.25) is 10.0 Å². The van der Waals surface area contributed by atoms with Crippen LogP contribution < -0.4 is 19.5 Å². The van der Waals surface area contributed by atoms with Crippen molar-refractivity contribution in [2.75, 3.05) is 24.2 Å². The number of methoxy groups -OCH3 is 2. The molecule has 0 aromatic heterocycles. The van der Waals surface area contributed by atoms with Crippen molar-refractivity contribution in [3.8, 4) is 11.5 Å². The summed E-state index contributed by atoms with van der Waals surface area (Å²) in [6.07, 6.45) is 0. The number of halogens is 2. The molecule has 0 saturated heterocycles. The molecule has 0 amide bonds. The van der Waals surface area contributed by atoms with Crippen LogP contribution in [0.25, 0.3) is 0 Å². The fraction of sp³-hybridized carbons (Fsp3) is 0.120. The highest BCUT2D eigenvalue weighted by Crippen LogP contribution is 2.46. The van der Waals surface area contributed by atoms with Gasteiger partial charge in [0.2, 0.25) is 0 Å². The number of hydrogen-bond donors (Lipinski definition) is 0. The maximum absolute atomic E-state index is 15.1. The zero-order chi connectivity index (χ0) is 44.6. The maximum Gasteiger partial charge on any atom is 0.189 e. The van der Waals surface area contributed by atoms with Crippen LogP contribution in [-0.2, 0) is 19.7 Å². The normalized spacial score (nSPS) is 18.7. The Morgan fingerprint density at radius 3 is 1.08 bits per heavy atom. The summed E-state index contributed by atoms with van der Waals surface area (Å²) < 4.78 is 71.4. The van der Waals surface area contributed by atoms with Crippen LogP contribution >= 0.6 is 23.2 Å². The first-order valence-corrected chi connectivity index (χ1v) is 24.1. The topological polar surface area (TPSA) is 118 Å². The molecule has 322 valence electrons. The number of anilines is 2. The molecule has 64 heavy (non-hydrogen) atoms. The van der Waals surface area contributed by atoms with Crippen LogP contribution in [0.4, 0.5) is 11.4 Å². The van der Waals surface area contributed by atoms with Crippen molar-refractivity contribution in [2.24, 2.45) is 10.2 Å². The van der Waals surface area contributed by atoms with Crippen molar-refractivity contribution in [2.45, 2.75) is 32.4 Å². The van der Waals surface area contributed by atoms with E-state index in [9.17, 15) is 0 Å². The maximum atomic E-state index is 15.1. The number of para-hydroxylation sites is 2. The highest BCUT2D eigenvalue weighted by atomic mass is 35.5. The van der Waals surface area contributed by atoms with Crippen molar-refractivity contribution in [3.05, 3.63) is 214 Å². The van der Waals surface area contributed by atoms with E-state index in [1.165, 1.54) is 24.3 Å². The third-order valence-electron chi connectivity index (χ3n) is 11.5. The van der Waals surface area contributed by atoms with Gasteiger partial charge in [0.25, 0.3) is 0 Å². The Kier molecular flexibility index (Phi) is 11.8. The fourth-order valence-electron chi connectivity index (χ4n) is 8.29. The second-order valence-corrected chi connectivity index (χ2v) is 20.2. The summed E-state index contributed by atoms with van der Waals surface area (Å²) in [5, 5.41) is 12.1. The lowest BCUT2D eigenvalue weighted by atomic mass is 9.93. The lowest BCUT2D eigenvalue weighted by Crippen LogP contribution is -2.38. The van der Waals surface area contributed by atoms with Gasteiger partial charge in [-0.25, -0.2) is 16.8 Å². The lowest BCUT2D eigenvalue weighted by Gasteiger charge is -2.31. The van der Waals surface area contributed by atoms with Crippen molar-refractivity contribution in [1.82, 2.24) is 0 Å². The van der Waals surface area contributed by atoms with Crippen molar-refractivity contribution < 1.29 is 26.3 Å². The average Bonchev–Trinajstić information content (AvgIpc) is 3.95. The number of rotatable bonds is 12. The summed E-state index contributed by atoms with van der Waals surface area (Å²) >= 11 is 12.5. The zero-order valence-corrected chi connectivity index (χ0v) is 37.6. The molecule has 0 fully saturated rings. The predicted molar refractivity (Wildman–Crippen MR) is 254 cm³/mol. The van der Waals surface area contributed by atoms with Gasteiger partial charge >= 0.3 is 0 Å². The molecule has 2 aliphatic rings. The van der Waals surface area contributed by atoms with Gasteiger partial charge in [0, 0.05) is 10.0 Å². The molecular formula is C50H40Cl2N4O6S2. The summed E-state index contributed by atoms with van der Waals surface area (Å²) in [5.74, 6) is 1.22. The molecule has 2 heterocycles. The van der Waals surface area contributed by atoms with E-state index in [2.05, 4.69) is 0 Å². The summed E-state index contributed by atoms with van der Waals surface area (Å²) in [6.45, 7) is 0. The largest absolute Gasteiger partial charge is 0.497 e. The molecule has 4 atom stereocenters. The Labute approximate surface area is 382 Å². The molecule has 0 saturated carbocycles. The highest BCUT2D eigenvalue weighted by molar-refractivity contribution is 7.93. The number of nitrogens with zero attached hydrogens (tertiary/aromatic N) is 4. The minimum atomic E-state index is -4.17. The first-order chi connectivity index (χ1) is 31.0. The van der Waals surface area contributed by atoms with Gasteiger partial charge in [-0.05, 0) is 144 Å². The van der Waals surface area contributed by atoms with Gasteiger partial charge in [-0.3, -0.25) is 10.0 Å². The molecule has 0 aliphatic carbocycles. The standard InChI is InChI=1S/C50H40Cl2N4O6S2/c1-61-41-25-17-33(18-26-41)45-49(63(57,58)43-29-21-37(51)22-30-43)47(55(53-45)39-9-5-3-6-10-39)35-13-15-36(16-14-35)48-50(64(59,60)44-31-23-38(52)24-32-44)46(34-19-27-42(62-2)28-20-34)54-56(48)40-11-7-4-8-12-40/h3-32,47-50H,1-2H3. The van der Waals surface area contributed by atoms with E-state index < -0.39 is 42.3 Å². The second-order valence-electron chi connectivity index (χ2n) is 15.2. The fourth-order valence-corrected chi connectivity index (χ4v) is 12.3. The third-order valence-corrected chi connectivity index (χ3v) is 16.1. The first-order valence-electron chi connectivity index (χ1n) is 20.2. The minimum Gasteiger partial charge on any atom is -0.497 e. The molecule has 7 aromatic rings. The van der Waals surface area contributed by atoms with Gasteiger partial charge in [0.1, 0.15) is 34.1 Å².